The molecular weight excluding hydrogens is 345 g/mol. The van der Waals surface area contributed by atoms with Crippen molar-refractivity contribution in [2.24, 2.45) is 11.8 Å². The molecular formula is C21H24FN3O2. The molecule has 0 spiro atoms. The summed E-state index contributed by atoms with van der Waals surface area (Å²) in [6.45, 7) is 4.30. The molecule has 3 rings (SSSR count). The number of piperidine rings is 1. The van der Waals surface area contributed by atoms with E-state index in [2.05, 4.69) is 5.43 Å². The fourth-order valence-corrected chi connectivity index (χ4v) is 3.87. The van der Waals surface area contributed by atoms with E-state index in [-0.39, 0.29) is 23.5 Å². The Bertz CT molecular complexity index is 858. The van der Waals surface area contributed by atoms with Crippen LogP contribution >= 0.6 is 0 Å². The number of nitrogens with two attached hydrogens (primary N) is 1. The van der Waals surface area contributed by atoms with Crippen molar-refractivity contribution in [3.05, 3.63) is 64.5 Å². The zero-order valence-electron chi connectivity index (χ0n) is 15.6. The summed E-state index contributed by atoms with van der Waals surface area (Å²) in [7, 11) is 0. The lowest BCUT2D eigenvalue weighted by Gasteiger charge is -2.35. The van der Waals surface area contributed by atoms with Crippen LogP contribution in [0.5, 0.6) is 0 Å². The van der Waals surface area contributed by atoms with Gasteiger partial charge in [0.2, 0.25) is 5.91 Å². The molecule has 0 aromatic heterocycles. The molecule has 0 aliphatic carbocycles. The highest BCUT2D eigenvalue weighted by Gasteiger charge is 2.29. The monoisotopic (exact) mass is 369 g/mol. The van der Waals surface area contributed by atoms with Gasteiger partial charge in [-0.2, -0.15) is 0 Å². The smallest absolute Gasteiger partial charge is 0.265 e. The largest absolute Gasteiger partial charge is 0.312 e. The summed E-state index contributed by atoms with van der Waals surface area (Å²) in [6.07, 6.45) is 1.78. The van der Waals surface area contributed by atoms with E-state index in [4.69, 9.17) is 5.84 Å². The number of benzene rings is 2. The third-order valence-corrected chi connectivity index (χ3v) is 5.13. The molecule has 1 unspecified atom stereocenters. The predicted molar refractivity (Wildman–Crippen MR) is 103 cm³/mol. The van der Waals surface area contributed by atoms with E-state index >= 15 is 0 Å². The van der Waals surface area contributed by atoms with Crippen molar-refractivity contribution < 1.29 is 14.0 Å². The maximum Gasteiger partial charge on any atom is 0.265 e. The minimum absolute atomic E-state index is 0.0574. The average molecular weight is 369 g/mol. The lowest BCUT2D eigenvalue weighted by atomic mass is 9.89. The molecule has 5 nitrogen and oxygen atoms in total. The van der Waals surface area contributed by atoms with Gasteiger partial charge in [0.25, 0.3) is 5.91 Å². The summed E-state index contributed by atoms with van der Waals surface area (Å²) >= 11 is 0. The van der Waals surface area contributed by atoms with E-state index in [9.17, 15) is 14.0 Å². The van der Waals surface area contributed by atoms with E-state index in [1.165, 1.54) is 6.07 Å². The SMILES string of the molecule is Cc1cc(C(=O)NN)cc(C)c1N1CC(Cc2ccccc2F)CCC1=O. The standard InChI is InChI=1S/C21H24FN3O2/c1-13-9-17(21(27)24-23)10-14(2)20(13)25-12-15(7-8-19(25)26)11-16-5-3-4-6-18(16)22/h3-6,9-10,15H,7-8,11-12,23H2,1-2H3,(H,24,27). The predicted octanol–water partition coefficient (Wildman–Crippen LogP) is 3.03. The number of hydrazine groups is 1. The minimum atomic E-state index is -0.366. The second-order valence-electron chi connectivity index (χ2n) is 7.14. The number of rotatable bonds is 4. The van der Waals surface area contributed by atoms with Gasteiger partial charge in [0, 0.05) is 24.2 Å². The van der Waals surface area contributed by atoms with Crippen molar-refractivity contribution in [3.8, 4) is 0 Å². The fraction of sp³-hybridized carbons (Fsp3) is 0.333. The Balaban J connectivity index is 1.86. The summed E-state index contributed by atoms with van der Waals surface area (Å²) in [5.41, 5.74) is 5.78. The zero-order valence-corrected chi connectivity index (χ0v) is 15.6. The van der Waals surface area contributed by atoms with Crippen molar-refractivity contribution in [1.29, 1.82) is 0 Å². The molecule has 1 aliphatic rings. The van der Waals surface area contributed by atoms with Crippen molar-refractivity contribution in [2.45, 2.75) is 33.1 Å². The zero-order chi connectivity index (χ0) is 19.6. The van der Waals surface area contributed by atoms with Gasteiger partial charge >= 0.3 is 0 Å². The lowest BCUT2D eigenvalue weighted by molar-refractivity contribution is -0.120. The molecule has 27 heavy (non-hydrogen) atoms. The molecule has 1 atom stereocenters. The van der Waals surface area contributed by atoms with Gasteiger partial charge in [-0.25, -0.2) is 10.2 Å². The van der Waals surface area contributed by atoms with Crippen LogP contribution in [0.4, 0.5) is 10.1 Å². The first-order valence-corrected chi connectivity index (χ1v) is 9.06. The first kappa shape index (κ1) is 19.0. The number of nitrogens with one attached hydrogen (secondary N) is 1. The molecule has 0 saturated carbocycles. The molecule has 142 valence electrons. The molecule has 2 amide bonds. The number of hydrogen-bond acceptors (Lipinski definition) is 3. The van der Waals surface area contributed by atoms with Gasteiger partial charge in [-0.3, -0.25) is 15.0 Å². The molecule has 6 heteroatoms. The maximum absolute atomic E-state index is 14.0. The molecule has 1 saturated heterocycles. The van der Waals surface area contributed by atoms with E-state index < -0.39 is 0 Å². The Hall–Kier alpha value is -2.73. The molecule has 2 aromatic rings. The lowest BCUT2D eigenvalue weighted by Crippen LogP contribution is -2.41. The summed E-state index contributed by atoms with van der Waals surface area (Å²) in [6, 6.07) is 10.3. The number of aryl methyl sites for hydroxylation is 2. The number of nitrogen functional groups attached to an aromatic ring is 1. The second kappa shape index (κ2) is 7.88. The minimum Gasteiger partial charge on any atom is -0.312 e. The normalized spacial score (nSPS) is 17.1. The summed E-state index contributed by atoms with van der Waals surface area (Å²) in [4.78, 5) is 26.2. The Labute approximate surface area is 158 Å². The summed E-state index contributed by atoms with van der Waals surface area (Å²) in [5, 5.41) is 0. The number of amides is 2. The highest BCUT2D eigenvalue weighted by Crippen LogP contribution is 2.32. The summed E-state index contributed by atoms with van der Waals surface area (Å²) in [5.74, 6) is 4.89. The van der Waals surface area contributed by atoms with E-state index in [1.807, 2.05) is 19.9 Å². The van der Waals surface area contributed by atoms with E-state index in [0.717, 1.165) is 23.2 Å². The Morgan fingerprint density at radius 1 is 1.26 bits per heavy atom. The van der Waals surface area contributed by atoms with Crippen LogP contribution in [0.1, 0.15) is 39.9 Å². The van der Waals surface area contributed by atoms with Crippen molar-refractivity contribution in [1.82, 2.24) is 5.43 Å². The van der Waals surface area contributed by atoms with E-state index in [1.54, 1.807) is 29.2 Å². The average Bonchev–Trinajstić information content (AvgIpc) is 2.64. The van der Waals surface area contributed by atoms with Gasteiger partial charge in [0.15, 0.2) is 0 Å². The van der Waals surface area contributed by atoms with Crippen LogP contribution in [0, 0.1) is 25.6 Å². The Morgan fingerprint density at radius 2 is 1.93 bits per heavy atom. The van der Waals surface area contributed by atoms with Gasteiger partial charge in [0.05, 0.1) is 0 Å². The van der Waals surface area contributed by atoms with Crippen molar-refractivity contribution in [3.63, 3.8) is 0 Å². The van der Waals surface area contributed by atoms with Crippen molar-refractivity contribution in [2.75, 3.05) is 11.4 Å². The van der Waals surface area contributed by atoms with Crippen LogP contribution < -0.4 is 16.2 Å². The molecule has 0 radical (unpaired) electrons. The molecule has 3 N–H and O–H groups in total. The summed E-state index contributed by atoms with van der Waals surface area (Å²) < 4.78 is 14.0. The topological polar surface area (TPSA) is 75.4 Å². The van der Waals surface area contributed by atoms with Crippen LogP contribution in [0.25, 0.3) is 0 Å². The Morgan fingerprint density at radius 3 is 2.56 bits per heavy atom. The first-order chi connectivity index (χ1) is 12.9. The molecule has 1 aliphatic heterocycles. The first-order valence-electron chi connectivity index (χ1n) is 9.06. The van der Waals surface area contributed by atoms with Gasteiger partial charge < -0.3 is 4.90 Å². The third kappa shape index (κ3) is 4.01. The van der Waals surface area contributed by atoms with Gasteiger partial charge in [-0.05, 0) is 67.5 Å². The number of carbonyl (C=O) groups is 2. The number of hydrogen-bond donors (Lipinski definition) is 2. The fourth-order valence-electron chi connectivity index (χ4n) is 3.87. The quantitative estimate of drug-likeness (QED) is 0.494. The van der Waals surface area contributed by atoms with Gasteiger partial charge in [0.1, 0.15) is 5.82 Å². The number of halogens is 1. The number of carbonyl (C=O) groups excluding carboxylic acids is 2. The molecule has 2 aromatic carbocycles. The molecule has 1 heterocycles. The van der Waals surface area contributed by atoms with Crippen LogP contribution in [0.2, 0.25) is 0 Å². The van der Waals surface area contributed by atoms with Crippen LogP contribution in [0.3, 0.4) is 0 Å². The van der Waals surface area contributed by atoms with Gasteiger partial charge in [-0.15, -0.1) is 0 Å². The number of nitrogens with zero attached hydrogens (tertiary/aromatic N) is 1. The van der Waals surface area contributed by atoms with Gasteiger partial charge in [-0.1, -0.05) is 18.2 Å². The Kier molecular flexibility index (Phi) is 5.56. The second-order valence-corrected chi connectivity index (χ2v) is 7.14. The van der Waals surface area contributed by atoms with E-state index in [0.29, 0.717) is 30.5 Å². The van der Waals surface area contributed by atoms with Crippen LogP contribution in [-0.2, 0) is 11.2 Å². The molecule has 0 bridgehead atoms. The highest BCUT2D eigenvalue weighted by atomic mass is 19.1. The molecule has 1 fully saturated rings. The third-order valence-electron chi connectivity index (χ3n) is 5.13. The highest BCUT2D eigenvalue weighted by molar-refractivity contribution is 5.98. The van der Waals surface area contributed by atoms with Crippen LogP contribution in [-0.4, -0.2) is 18.4 Å². The van der Waals surface area contributed by atoms with Crippen LogP contribution in [0.15, 0.2) is 36.4 Å². The number of anilines is 1. The maximum atomic E-state index is 14.0. The van der Waals surface area contributed by atoms with Crippen molar-refractivity contribution >= 4 is 17.5 Å².